The maximum atomic E-state index is 11.7. The third-order valence-corrected chi connectivity index (χ3v) is 3.09. The van der Waals surface area contributed by atoms with Gasteiger partial charge in [-0.05, 0) is 18.8 Å². The van der Waals surface area contributed by atoms with Crippen LogP contribution in [0.1, 0.15) is 26.2 Å². The fourth-order valence-electron chi connectivity index (χ4n) is 2.26. The molecule has 17 heavy (non-hydrogen) atoms. The number of hydrogen-bond donors (Lipinski definition) is 1. The molecule has 1 heterocycles. The highest BCUT2D eigenvalue weighted by atomic mass is 16.6. The monoisotopic (exact) mass is 241 g/mol. The van der Waals surface area contributed by atoms with Crippen LogP contribution >= 0.6 is 0 Å². The molecule has 0 aromatic heterocycles. The number of likely N-dealkylation sites (tertiary alicyclic amines) is 1. The molecule has 0 saturated carbocycles. The van der Waals surface area contributed by atoms with Crippen molar-refractivity contribution >= 4 is 12.1 Å². The summed E-state index contributed by atoms with van der Waals surface area (Å²) in [6.45, 7) is 5.95. The number of rotatable bonds is 4. The van der Waals surface area contributed by atoms with Crippen LogP contribution in [0.2, 0.25) is 0 Å². The number of nitrogens with zero attached hydrogens (tertiary/aromatic N) is 1. The van der Waals surface area contributed by atoms with Gasteiger partial charge < -0.3 is 9.84 Å². The Balaban J connectivity index is 2.76. The fraction of sp³-hybridized carbons (Fsp3) is 0.667. The lowest BCUT2D eigenvalue weighted by atomic mass is 9.87. The summed E-state index contributed by atoms with van der Waals surface area (Å²) in [4.78, 5) is 24.3. The van der Waals surface area contributed by atoms with Gasteiger partial charge in [0.25, 0.3) is 0 Å². The minimum atomic E-state index is -0.952. The van der Waals surface area contributed by atoms with E-state index < -0.39 is 18.1 Å². The molecule has 1 aliphatic rings. The maximum Gasteiger partial charge on any atom is 0.410 e. The predicted molar refractivity (Wildman–Crippen MR) is 62.7 cm³/mol. The molecular weight excluding hydrogens is 222 g/mol. The van der Waals surface area contributed by atoms with Crippen molar-refractivity contribution in [1.29, 1.82) is 0 Å². The van der Waals surface area contributed by atoms with E-state index in [1.165, 1.54) is 11.0 Å². The molecule has 2 atom stereocenters. The van der Waals surface area contributed by atoms with Crippen LogP contribution in [0, 0.1) is 5.92 Å². The largest absolute Gasteiger partial charge is 0.480 e. The highest BCUT2D eigenvalue weighted by Crippen LogP contribution is 2.27. The molecule has 5 heteroatoms. The van der Waals surface area contributed by atoms with Crippen molar-refractivity contribution in [2.45, 2.75) is 32.2 Å². The summed E-state index contributed by atoms with van der Waals surface area (Å²) in [6, 6.07) is -0.758. The first-order chi connectivity index (χ1) is 8.11. The number of carboxylic acids is 1. The van der Waals surface area contributed by atoms with Crippen molar-refractivity contribution in [3.8, 4) is 0 Å². The van der Waals surface area contributed by atoms with Crippen LogP contribution in [0.25, 0.3) is 0 Å². The van der Waals surface area contributed by atoms with E-state index in [0.717, 1.165) is 19.3 Å². The number of carbonyl (C=O) groups excluding carboxylic acids is 1. The molecule has 1 saturated heterocycles. The van der Waals surface area contributed by atoms with E-state index in [1.54, 1.807) is 0 Å². The topological polar surface area (TPSA) is 66.8 Å². The molecule has 1 N–H and O–H groups in total. The molecule has 0 aliphatic carbocycles. The molecule has 96 valence electrons. The molecule has 0 aromatic rings. The van der Waals surface area contributed by atoms with Gasteiger partial charge in [-0.2, -0.15) is 0 Å². The zero-order valence-corrected chi connectivity index (χ0v) is 10.1. The van der Waals surface area contributed by atoms with Gasteiger partial charge in [0.2, 0.25) is 0 Å². The van der Waals surface area contributed by atoms with Crippen LogP contribution < -0.4 is 0 Å². The number of ether oxygens (including phenoxy) is 1. The van der Waals surface area contributed by atoms with E-state index >= 15 is 0 Å². The van der Waals surface area contributed by atoms with Crippen LogP contribution in [0.5, 0.6) is 0 Å². The molecule has 1 aliphatic heterocycles. The molecule has 1 amide bonds. The van der Waals surface area contributed by atoms with Crippen molar-refractivity contribution in [2.24, 2.45) is 5.92 Å². The molecule has 0 bridgehead atoms. The number of carboxylic acid groups (broad SMARTS) is 1. The average molecular weight is 241 g/mol. The molecule has 0 aromatic carbocycles. The van der Waals surface area contributed by atoms with E-state index in [0.29, 0.717) is 6.54 Å². The van der Waals surface area contributed by atoms with E-state index in [1.807, 2.05) is 6.92 Å². The van der Waals surface area contributed by atoms with Gasteiger partial charge in [0.15, 0.2) is 0 Å². The zero-order valence-electron chi connectivity index (χ0n) is 10.1. The van der Waals surface area contributed by atoms with Crippen molar-refractivity contribution in [3.05, 3.63) is 12.7 Å². The lowest BCUT2D eigenvalue weighted by molar-refractivity contribution is -0.146. The Bertz CT molecular complexity index is 303. The lowest BCUT2D eigenvalue weighted by Crippen LogP contribution is -2.52. The number of hydrogen-bond acceptors (Lipinski definition) is 3. The Morgan fingerprint density at radius 2 is 2.29 bits per heavy atom. The average Bonchev–Trinajstić information content (AvgIpc) is 2.34. The van der Waals surface area contributed by atoms with Gasteiger partial charge >= 0.3 is 12.1 Å². The van der Waals surface area contributed by atoms with Crippen LogP contribution in [0.15, 0.2) is 12.7 Å². The molecule has 1 fully saturated rings. The molecular formula is C12H19NO4. The highest BCUT2D eigenvalue weighted by Gasteiger charge is 2.39. The van der Waals surface area contributed by atoms with Gasteiger partial charge in [0.1, 0.15) is 12.6 Å². The van der Waals surface area contributed by atoms with Crippen LogP contribution in [-0.2, 0) is 9.53 Å². The molecule has 0 unspecified atom stereocenters. The Kier molecular flexibility index (Phi) is 5.00. The summed E-state index contributed by atoms with van der Waals surface area (Å²) in [6.07, 6.45) is 3.33. The maximum absolute atomic E-state index is 11.7. The Labute approximate surface area is 101 Å². The first kappa shape index (κ1) is 13.5. The van der Waals surface area contributed by atoms with Crippen molar-refractivity contribution < 1.29 is 19.4 Å². The third kappa shape index (κ3) is 3.22. The van der Waals surface area contributed by atoms with Crippen LogP contribution in [-0.4, -0.2) is 41.3 Å². The second-order valence-electron chi connectivity index (χ2n) is 4.15. The molecule has 0 spiro atoms. The van der Waals surface area contributed by atoms with Gasteiger partial charge in [-0.3, -0.25) is 4.90 Å². The standard InChI is InChI=1S/C12H19NO4/c1-3-8-17-12(16)13-7-5-6-9(4-2)10(13)11(14)15/h3,9-10H,1,4-8H2,2H3,(H,14,15)/t9-,10+/m1/s1. The summed E-state index contributed by atoms with van der Waals surface area (Å²) in [5.41, 5.74) is 0. The second-order valence-corrected chi connectivity index (χ2v) is 4.15. The van der Waals surface area contributed by atoms with Gasteiger partial charge in [-0.15, -0.1) is 0 Å². The fourth-order valence-corrected chi connectivity index (χ4v) is 2.26. The van der Waals surface area contributed by atoms with Crippen LogP contribution in [0.4, 0.5) is 4.79 Å². The van der Waals surface area contributed by atoms with Crippen molar-refractivity contribution in [1.82, 2.24) is 4.90 Å². The molecule has 5 nitrogen and oxygen atoms in total. The van der Waals surface area contributed by atoms with Gasteiger partial charge in [0, 0.05) is 6.54 Å². The summed E-state index contributed by atoms with van der Waals surface area (Å²) in [5, 5.41) is 9.21. The quantitative estimate of drug-likeness (QED) is 0.763. The Hall–Kier alpha value is -1.52. The lowest BCUT2D eigenvalue weighted by Gasteiger charge is -2.37. The number of aliphatic carboxylic acids is 1. The minimum absolute atomic E-state index is 0.0116. The first-order valence-electron chi connectivity index (χ1n) is 5.88. The number of amides is 1. The van der Waals surface area contributed by atoms with Crippen LogP contribution in [0.3, 0.4) is 0 Å². The summed E-state index contributed by atoms with van der Waals surface area (Å²) in [5.74, 6) is -0.940. The predicted octanol–water partition coefficient (Wildman–Crippen LogP) is 1.88. The SMILES string of the molecule is C=CCOC(=O)N1CCC[C@@H](CC)[C@H]1C(=O)O. The Morgan fingerprint density at radius 3 is 2.82 bits per heavy atom. The first-order valence-corrected chi connectivity index (χ1v) is 5.88. The minimum Gasteiger partial charge on any atom is -0.480 e. The van der Waals surface area contributed by atoms with Gasteiger partial charge in [0.05, 0.1) is 0 Å². The summed E-state index contributed by atoms with van der Waals surface area (Å²) >= 11 is 0. The normalized spacial score (nSPS) is 24.2. The Morgan fingerprint density at radius 1 is 1.59 bits per heavy atom. The molecule has 0 radical (unpaired) electrons. The highest BCUT2D eigenvalue weighted by molar-refractivity contribution is 5.80. The molecule has 1 rings (SSSR count). The number of carbonyl (C=O) groups is 2. The van der Waals surface area contributed by atoms with Crippen molar-refractivity contribution in [3.63, 3.8) is 0 Å². The summed E-state index contributed by atoms with van der Waals surface area (Å²) < 4.78 is 4.91. The smallest absolute Gasteiger partial charge is 0.410 e. The zero-order chi connectivity index (χ0) is 12.8. The number of piperidine rings is 1. The third-order valence-electron chi connectivity index (χ3n) is 3.09. The van der Waals surface area contributed by atoms with E-state index in [2.05, 4.69) is 6.58 Å². The van der Waals surface area contributed by atoms with Crippen molar-refractivity contribution in [2.75, 3.05) is 13.2 Å². The van der Waals surface area contributed by atoms with E-state index in [-0.39, 0.29) is 12.5 Å². The summed E-state index contributed by atoms with van der Waals surface area (Å²) in [7, 11) is 0. The van der Waals surface area contributed by atoms with E-state index in [4.69, 9.17) is 4.74 Å². The van der Waals surface area contributed by atoms with Gasteiger partial charge in [-0.1, -0.05) is 26.0 Å². The van der Waals surface area contributed by atoms with E-state index in [9.17, 15) is 14.7 Å². The van der Waals surface area contributed by atoms with Gasteiger partial charge in [-0.25, -0.2) is 9.59 Å². The second kappa shape index (κ2) is 6.27.